The minimum absolute atomic E-state index is 0.0275. The molecule has 2 aromatic rings. The second kappa shape index (κ2) is 11.0. The third-order valence-corrected chi connectivity index (χ3v) is 6.53. The van der Waals surface area contributed by atoms with E-state index in [1.165, 1.54) is 0 Å². The zero-order valence-electron chi connectivity index (χ0n) is 21.1. The highest BCUT2D eigenvalue weighted by Gasteiger charge is 2.39. The van der Waals surface area contributed by atoms with Crippen LogP contribution >= 0.6 is 0 Å². The van der Waals surface area contributed by atoms with Gasteiger partial charge in [0.05, 0.1) is 24.1 Å². The molecule has 0 aliphatic carbocycles. The van der Waals surface area contributed by atoms with E-state index in [0.717, 1.165) is 6.42 Å². The smallest absolute Gasteiger partial charge is 0.323 e. The number of benzene rings is 1. The molecule has 0 spiro atoms. The number of rotatable bonds is 6. The number of carbonyl (C=O) groups is 3. The molecule has 3 N–H and O–H groups in total. The van der Waals surface area contributed by atoms with Crippen LogP contribution in [0.5, 0.6) is 5.75 Å². The van der Waals surface area contributed by atoms with Crippen LogP contribution < -0.4 is 20.7 Å². The van der Waals surface area contributed by atoms with Crippen LogP contribution in [0.15, 0.2) is 22.7 Å². The number of aromatic nitrogens is 1. The second-order valence-electron chi connectivity index (χ2n) is 9.21. The number of ether oxygens (including phenoxy) is 2. The highest BCUT2D eigenvalue weighted by Crippen LogP contribution is 2.32. The largest absolute Gasteiger partial charge is 0.490 e. The number of carbonyl (C=O) groups excluding carboxylic acids is 3. The average Bonchev–Trinajstić information content (AvgIpc) is 3.17. The fraction of sp³-hybridized carbons (Fsp3) is 0.520. The monoisotopic (exact) mass is 499 g/mol. The summed E-state index contributed by atoms with van der Waals surface area (Å²) in [5.41, 5.74) is 1.87. The minimum Gasteiger partial charge on any atom is -0.490 e. The van der Waals surface area contributed by atoms with E-state index in [-0.39, 0.29) is 36.7 Å². The number of hydrogen-bond acceptors (Lipinski definition) is 7. The molecule has 2 aliphatic rings. The van der Waals surface area contributed by atoms with Crippen LogP contribution in [0.3, 0.4) is 0 Å². The van der Waals surface area contributed by atoms with Crippen molar-refractivity contribution in [3.63, 3.8) is 0 Å². The van der Waals surface area contributed by atoms with Crippen molar-refractivity contribution in [3.8, 4) is 5.75 Å². The maximum atomic E-state index is 13.4. The molecular formula is C25H33N5O6. The van der Waals surface area contributed by atoms with Gasteiger partial charge >= 0.3 is 6.03 Å². The maximum absolute atomic E-state index is 13.4. The Morgan fingerprint density at radius 1 is 1.19 bits per heavy atom. The Labute approximate surface area is 209 Å². The highest BCUT2D eigenvalue weighted by atomic mass is 16.5. The first-order chi connectivity index (χ1) is 17.3. The van der Waals surface area contributed by atoms with Crippen molar-refractivity contribution in [2.45, 2.75) is 64.7 Å². The van der Waals surface area contributed by atoms with Gasteiger partial charge in [-0.3, -0.25) is 9.59 Å². The molecule has 2 aliphatic heterocycles. The normalized spacial score (nSPS) is 21.4. The Balaban J connectivity index is 1.44. The van der Waals surface area contributed by atoms with Gasteiger partial charge in [-0.05, 0) is 51.3 Å². The number of urea groups is 1. The zero-order chi connectivity index (χ0) is 25.8. The summed E-state index contributed by atoms with van der Waals surface area (Å²) in [6.45, 7) is 6.34. The molecule has 1 aromatic carbocycles. The molecular weight excluding hydrogens is 466 g/mol. The number of nitrogens with one attached hydrogen (secondary N) is 3. The van der Waals surface area contributed by atoms with E-state index in [4.69, 9.17) is 14.0 Å². The summed E-state index contributed by atoms with van der Waals surface area (Å²) in [7, 11) is 1.75. The van der Waals surface area contributed by atoms with Crippen molar-refractivity contribution in [1.82, 2.24) is 15.4 Å². The molecule has 0 bridgehead atoms. The van der Waals surface area contributed by atoms with Gasteiger partial charge < -0.3 is 34.8 Å². The Kier molecular flexibility index (Phi) is 7.78. The predicted octanol–water partition coefficient (Wildman–Crippen LogP) is 3.23. The summed E-state index contributed by atoms with van der Waals surface area (Å²) in [6, 6.07) is 4.27. The first-order valence-corrected chi connectivity index (χ1v) is 12.2. The maximum Gasteiger partial charge on any atom is 0.323 e. The zero-order valence-corrected chi connectivity index (χ0v) is 21.1. The third kappa shape index (κ3) is 5.62. The number of anilines is 2. The lowest BCUT2D eigenvalue weighted by Crippen LogP contribution is -2.54. The molecule has 11 heteroatoms. The van der Waals surface area contributed by atoms with Crippen molar-refractivity contribution in [1.29, 1.82) is 0 Å². The Morgan fingerprint density at radius 3 is 2.72 bits per heavy atom. The lowest BCUT2D eigenvalue weighted by Gasteiger charge is -2.42. The van der Waals surface area contributed by atoms with Gasteiger partial charge in [0.15, 0.2) is 5.76 Å². The molecule has 194 valence electrons. The van der Waals surface area contributed by atoms with E-state index < -0.39 is 6.03 Å². The van der Waals surface area contributed by atoms with Crippen LogP contribution in [0.2, 0.25) is 0 Å². The Bertz CT molecular complexity index is 1110. The molecule has 4 rings (SSSR count). The lowest BCUT2D eigenvalue weighted by atomic mass is 9.94. The molecule has 0 saturated carbocycles. The number of likely N-dealkylation sites (N-methyl/N-ethyl adjacent to an activating group) is 1. The molecule has 0 unspecified atom stereocenters. The van der Waals surface area contributed by atoms with Crippen LogP contribution in [-0.4, -0.2) is 66.4 Å². The van der Waals surface area contributed by atoms with Gasteiger partial charge in [0.25, 0.3) is 5.91 Å². The molecule has 3 atom stereocenters. The fourth-order valence-electron chi connectivity index (χ4n) is 4.59. The number of nitrogens with zero attached hydrogens (tertiary/aromatic N) is 2. The standard InChI is InChI=1S/C25H33N5O6/c1-5-10-26-22(31)12-17-7-8-19-21(35-17)13-34-20-9-6-16(11-18(20)24(32)30(19)4)27-25(33)28-23-14(2)29-36-15(23)3/h6,9,11,17,19,21H,5,7-8,10,12-13H2,1-4H3,(H,26,31)(H2,27,28,33)/t17-,19-,21+/m0/s1. The summed E-state index contributed by atoms with van der Waals surface area (Å²) >= 11 is 0. The quantitative estimate of drug-likeness (QED) is 0.555. The third-order valence-electron chi connectivity index (χ3n) is 6.53. The Hall–Kier alpha value is -3.60. The summed E-state index contributed by atoms with van der Waals surface area (Å²) in [6.07, 6.45) is 2.00. The summed E-state index contributed by atoms with van der Waals surface area (Å²) in [5.74, 6) is 0.657. The SMILES string of the molecule is CCCNC(=O)C[C@@H]1CC[C@H]2[C@@H](COc3ccc(NC(=O)Nc4c(C)noc4C)cc3C(=O)N2C)O1. The van der Waals surface area contributed by atoms with Crippen molar-refractivity contribution in [2.24, 2.45) is 0 Å². The number of amides is 4. The van der Waals surface area contributed by atoms with E-state index in [2.05, 4.69) is 21.1 Å². The minimum atomic E-state index is -0.480. The topological polar surface area (TPSA) is 135 Å². The predicted molar refractivity (Wildman–Crippen MR) is 132 cm³/mol. The van der Waals surface area contributed by atoms with Gasteiger partial charge in [-0.25, -0.2) is 4.79 Å². The van der Waals surface area contributed by atoms with Gasteiger partial charge in [-0.1, -0.05) is 12.1 Å². The molecule has 3 heterocycles. The number of fused-ring (bicyclic) bond motifs is 2. The second-order valence-corrected chi connectivity index (χ2v) is 9.21. The summed E-state index contributed by atoms with van der Waals surface area (Å²) in [5, 5.41) is 12.2. The van der Waals surface area contributed by atoms with Gasteiger partial charge in [0, 0.05) is 19.3 Å². The molecule has 4 amide bonds. The highest BCUT2D eigenvalue weighted by molar-refractivity contribution is 6.03. The molecule has 1 saturated heterocycles. The fourth-order valence-corrected chi connectivity index (χ4v) is 4.59. The van der Waals surface area contributed by atoms with Crippen LogP contribution in [0.1, 0.15) is 54.4 Å². The number of hydrogen-bond donors (Lipinski definition) is 3. The summed E-state index contributed by atoms with van der Waals surface area (Å²) in [4.78, 5) is 39.7. The van der Waals surface area contributed by atoms with Gasteiger partial charge in [-0.2, -0.15) is 0 Å². The first-order valence-electron chi connectivity index (χ1n) is 12.2. The van der Waals surface area contributed by atoms with Crippen molar-refractivity contribution in [2.75, 3.05) is 30.8 Å². The van der Waals surface area contributed by atoms with Crippen LogP contribution in [-0.2, 0) is 9.53 Å². The van der Waals surface area contributed by atoms with Crippen LogP contribution in [0.25, 0.3) is 0 Å². The van der Waals surface area contributed by atoms with E-state index in [0.29, 0.717) is 59.9 Å². The number of aryl methyl sites for hydroxylation is 2. The average molecular weight is 500 g/mol. The molecule has 36 heavy (non-hydrogen) atoms. The molecule has 1 fully saturated rings. The molecule has 11 nitrogen and oxygen atoms in total. The van der Waals surface area contributed by atoms with Crippen LogP contribution in [0.4, 0.5) is 16.2 Å². The molecule has 1 aromatic heterocycles. The van der Waals surface area contributed by atoms with Crippen molar-refractivity contribution >= 4 is 29.2 Å². The van der Waals surface area contributed by atoms with Crippen LogP contribution in [0, 0.1) is 13.8 Å². The van der Waals surface area contributed by atoms with E-state index in [1.54, 1.807) is 44.0 Å². The van der Waals surface area contributed by atoms with Gasteiger partial charge in [0.1, 0.15) is 29.8 Å². The van der Waals surface area contributed by atoms with E-state index in [9.17, 15) is 14.4 Å². The molecule has 0 radical (unpaired) electrons. The van der Waals surface area contributed by atoms with E-state index in [1.807, 2.05) is 6.92 Å². The van der Waals surface area contributed by atoms with E-state index >= 15 is 0 Å². The first kappa shape index (κ1) is 25.5. The van der Waals surface area contributed by atoms with Gasteiger partial charge in [0.2, 0.25) is 5.91 Å². The van der Waals surface area contributed by atoms with Gasteiger partial charge in [-0.15, -0.1) is 0 Å². The van der Waals surface area contributed by atoms with Crippen molar-refractivity contribution in [3.05, 3.63) is 35.2 Å². The lowest BCUT2D eigenvalue weighted by molar-refractivity contribution is -0.134. The Morgan fingerprint density at radius 2 is 2.00 bits per heavy atom. The van der Waals surface area contributed by atoms with Crippen molar-refractivity contribution < 1.29 is 28.4 Å². The summed E-state index contributed by atoms with van der Waals surface area (Å²) < 4.78 is 17.3.